The maximum Gasteiger partial charge on any atom is 0.222 e. The first-order chi connectivity index (χ1) is 10.4. The van der Waals surface area contributed by atoms with E-state index in [4.69, 9.17) is 17.3 Å². The minimum Gasteiger partial charge on any atom is -0.369 e. The van der Waals surface area contributed by atoms with E-state index in [1.807, 2.05) is 0 Å². The van der Waals surface area contributed by atoms with Crippen LogP contribution < -0.4 is 11.1 Å². The molecular weight excluding hydrogens is 307 g/mol. The van der Waals surface area contributed by atoms with Gasteiger partial charge in [0.05, 0.1) is 5.92 Å². The topological polar surface area (TPSA) is 80.9 Å². The average molecular weight is 323 g/mol. The monoisotopic (exact) mass is 322 g/mol. The quantitative estimate of drug-likeness (QED) is 0.800. The summed E-state index contributed by atoms with van der Waals surface area (Å²) in [7, 11) is 0. The van der Waals surface area contributed by atoms with Crippen LogP contribution in [0.1, 0.15) is 11.4 Å². The predicted octanol–water partition coefficient (Wildman–Crippen LogP) is 2.33. The van der Waals surface area contributed by atoms with Crippen LogP contribution in [0.15, 0.2) is 30.3 Å². The maximum atomic E-state index is 12.9. The van der Waals surface area contributed by atoms with Crippen LogP contribution in [0.4, 0.5) is 10.2 Å². The van der Waals surface area contributed by atoms with Crippen molar-refractivity contribution in [3.8, 4) is 0 Å². The molecule has 1 aromatic heterocycles. The molecule has 1 amide bonds. The fraction of sp³-hybridized carbons (Fsp3) is 0.267. The maximum absolute atomic E-state index is 12.9. The minimum atomic E-state index is -0.445. The van der Waals surface area contributed by atoms with Gasteiger partial charge in [-0.25, -0.2) is 14.4 Å². The van der Waals surface area contributed by atoms with E-state index >= 15 is 0 Å². The zero-order chi connectivity index (χ0) is 16.1. The second-order valence-corrected chi connectivity index (χ2v) is 5.32. The number of rotatable bonds is 6. The number of hydrogen-bond donors (Lipinski definition) is 2. The SMILES string of the molecule is Cc1nc(Cl)cc(NCC(Cc2ccc(F)cc2)C(N)=O)n1. The molecule has 1 unspecified atom stereocenters. The Labute approximate surface area is 132 Å². The molecule has 0 bridgehead atoms. The molecule has 0 aliphatic heterocycles. The number of nitrogens with one attached hydrogen (secondary N) is 1. The lowest BCUT2D eigenvalue weighted by Gasteiger charge is -2.15. The van der Waals surface area contributed by atoms with Crippen molar-refractivity contribution in [3.63, 3.8) is 0 Å². The van der Waals surface area contributed by atoms with E-state index in [0.717, 1.165) is 5.56 Å². The van der Waals surface area contributed by atoms with Crippen molar-refractivity contribution in [2.24, 2.45) is 11.7 Å². The summed E-state index contributed by atoms with van der Waals surface area (Å²) in [6, 6.07) is 7.56. The molecule has 1 atom stereocenters. The van der Waals surface area contributed by atoms with Gasteiger partial charge in [0.25, 0.3) is 0 Å². The lowest BCUT2D eigenvalue weighted by molar-refractivity contribution is -0.121. The van der Waals surface area contributed by atoms with Gasteiger partial charge in [-0.1, -0.05) is 23.7 Å². The van der Waals surface area contributed by atoms with Crippen molar-refractivity contribution in [1.82, 2.24) is 9.97 Å². The number of hydrogen-bond acceptors (Lipinski definition) is 4. The molecule has 0 aliphatic rings. The van der Waals surface area contributed by atoms with Gasteiger partial charge in [-0.3, -0.25) is 4.79 Å². The first-order valence-corrected chi connectivity index (χ1v) is 7.10. The Bertz CT molecular complexity index is 643. The van der Waals surface area contributed by atoms with E-state index in [9.17, 15) is 9.18 Å². The summed E-state index contributed by atoms with van der Waals surface area (Å²) in [5, 5.41) is 3.35. The van der Waals surface area contributed by atoms with Crippen molar-refractivity contribution >= 4 is 23.3 Å². The second-order valence-electron chi connectivity index (χ2n) is 4.93. The van der Waals surface area contributed by atoms with E-state index in [0.29, 0.717) is 29.8 Å². The van der Waals surface area contributed by atoms with Crippen molar-refractivity contribution < 1.29 is 9.18 Å². The van der Waals surface area contributed by atoms with Crippen molar-refractivity contribution in [1.29, 1.82) is 0 Å². The summed E-state index contributed by atoms with van der Waals surface area (Å²) in [6.07, 6.45) is 0.417. The Morgan fingerprint density at radius 2 is 2.05 bits per heavy atom. The Balaban J connectivity index is 2.02. The molecule has 0 saturated heterocycles. The van der Waals surface area contributed by atoms with Crippen molar-refractivity contribution in [3.05, 3.63) is 52.7 Å². The summed E-state index contributed by atoms with van der Waals surface area (Å²) in [4.78, 5) is 19.7. The number of aryl methyl sites for hydroxylation is 1. The Morgan fingerprint density at radius 3 is 2.64 bits per heavy atom. The summed E-state index contributed by atoms with van der Waals surface area (Å²) >= 11 is 5.85. The van der Waals surface area contributed by atoms with Gasteiger partial charge in [0.2, 0.25) is 5.91 Å². The lowest BCUT2D eigenvalue weighted by atomic mass is 9.98. The van der Waals surface area contributed by atoms with Gasteiger partial charge in [0.15, 0.2) is 0 Å². The van der Waals surface area contributed by atoms with Gasteiger partial charge >= 0.3 is 0 Å². The van der Waals surface area contributed by atoms with Crippen LogP contribution in [-0.4, -0.2) is 22.4 Å². The highest BCUT2D eigenvalue weighted by molar-refractivity contribution is 6.29. The molecule has 0 saturated carbocycles. The van der Waals surface area contributed by atoms with E-state index < -0.39 is 11.8 Å². The van der Waals surface area contributed by atoms with Crippen LogP contribution >= 0.6 is 11.6 Å². The van der Waals surface area contributed by atoms with Crippen LogP contribution in [0.2, 0.25) is 5.15 Å². The number of nitrogens with two attached hydrogens (primary N) is 1. The third-order valence-corrected chi connectivity index (χ3v) is 3.33. The summed E-state index contributed by atoms with van der Waals surface area (Å²) in [5.74, 6) is -0.135. The molecule has 7 heteroatoms. The Kier molecular flexibility index (Phi) is 5.27. The van der Waals surface area contributed by atoms with Crippen molar-refractivity contribution in [2.45, 2.75) is 13.3 Å². The Morgan fingerprint density at radius 1 is 1.36 bits per heavy atom. The smallest absolute Gasteiger partial charge is 0.222 e. The molecular formula is C15H16ClFN4O. The molecule has 2 rings (SSSR count). The summed E-state index contributed by atoms with van der Waals surface area (Å²) in [6.45, 7) is 2.03. The molecule has 2 aromatic rings. The molecule has 0 fully saturated rings. The van der Waals surface area contributed by atoms with Gasteiger partial charge in [-0.15, -0.1) is 0 Å². The molecule has 1 aromatic carbocycles. The van der Waals surface area contributed by atoms with E-state index in [1.54, 1.807) is 25.1 Å². The van der Waals surface area contributed by atoms with Crippen LogP contribution in [0.3, 0.4) is 0 Å². The normalized spacial score (nSPS) is 12.0. The highest BCUT2D eigenvalue weighted by atomic mass is 35.5. The zero-order valence-electron chi connectivity index (χ0n) is 12.0. The number of aromatic nitrogens is 2. The molecule has 1 heterocycles. The van der Waals surface area contributed by atoms with Crippen LogP contribution in [-0.2, 0) is 11.2 Å². The lowest BCUT2D eigenvalue weighted by Crippen LogP contribution is -2.31. The first kappa shape index (κ1) is 16.2. The predicted molar refractivity (Wildman–Crippen MR) is 83.1 cm³/mol. The number of primary amides is 1. The fourth-order valence-corrected chi connectivity index (χ4v) is 2.25. The highest BCUT2D eigenvalue weighted by Gasteiger charge is 2.16. The largest absolute Gasteiger partial charge is 0.369 e. The average Bonchev–Trinajstić information content (AvgIpc) is 2.44. The molecule has 22 heavy (non-hydrogen) atoms. The number of nitrogens with zero attached hydrogens (tertiary/aromatic N) is 2. The molecule has 116 valence electrons. The van der Waals surface area contributed by atoms with Gasteiger partial charge in [-0.05, 0) is 31.0 Å². The second kappa shape index (κ2) is 7.17. The zero-order valence-corrected chi connectivity index (χ0v) is 12.8. The fourth-order valence-electron chi connectivity index (χ4n) is 2.03. The number of amides is 1. The summed E-state index contributed by atoms with van der Waals surface area (Å²) in [5.41, 5.74) is 6.26. The van der Waals surface area contributed by atoms with Crippen molar-refractivity contribution in [2.75, 3.05) is 11.9 Å². The number of benzene rings is 1. The molecule has 3 N–H and O–H groups in total. The van der Waals surface area contributed by atoms with E-state index in [2.05, 4.69) is 15.3 Å². The van der Waals surface area contributed by atoms with Crippen LogP contribution in [0.25, 0.3) is 0 Å². The van der Waals surface area contributed by atoms with Gasteiger partial charge < -0.3 is 11.1 Å². The molecule has 0 radical (unpaired) electrons. The minimum absolute atomic E-state index is 0.305. The van der Waals surface area contributed by atoms with Gasteiger partial charge in [0, 0.05) is 12.6 Å². The molecule has 0 spiro atoms. The van der Waals surface area contributed by atoms with E-state index in [1.165, 1.54) is 12.1 Å². The number of carbonyl (C=O) groups excluding carboxylic acids is 1. The highest BCUT2D eigenvalue weighted by Crippen LogP contribution is 2.14. The number of anilines is 1. The number of carbonyl (C=O) groups is 1. The number of halogens is 2. The Hall–Kier alpha value is -2.21. The molecule has 5 nitrogen and oxygen atoms in total. The van der Waals surface area contributed by atoms with Crippen LogP contribution in [0, 0.1) is 18.7 Å². The summed E-state index contributed by atoms with van der Waals surface area (Å²) < 4.78 is 12.9. The van der Waals surface area contributed by atoms with Gasteiger partial charge in [-0.2, -0.15) is 0 Å². The van der Waals surface area contributed by atoms with Crippen LogP contribution in [0.5, 0.6) is 0 Å². The van der Waals surface area contributed by atoms with Gasteiger partial charge in [0.1, 0.15) is 22.6 Å². The third kappa shape index (κ3) is 4.66. The first-order valence-electron chi connectivity index (χ1n) is 6.73. The third-order valence-electron chi connectivity index (χ3n) is 3.13. The molecule has 0 aliphatic carbocycles. The standard InChI is InChI=1S/C15H16ClFN4O/c1-9-20-13(16)7-14(21-9)19-8-11(15(18)22)6-10-2-4-12(17)5-3-10/h2-5,7,11H,6,8H2,1H3,(H2,18,22)(H,19,20,21). The van der Waals surface area contributed by atoms with E-state index in [-0.39, 0.29) is 5.82 Å².